The molecule has 38 heavy (non-hydrogen) atoms. The summed E-state index contributed by atoms with van der Waals surface area (Å²) >= 11 is 1.49. The highest BCUT2D eigenvalue weighted by molar-refractivity contribution is 7.22. The van der Waals surface area contributed by atoms with Gasteiger partial charge in [0.1, 0.15) is 5.75 Å². The van der Waals surface area contributed by atoms with E-state index in [-0.39, 0.29) is 5.91 Å². The van der Waals surface area contributed by atoms with Crippen molar-refractivity contribution < 1.29 is 9.53 Å². The molecule has 0 bridgehead atoms. The fourth-order valence-corrected chi connectivity index (χ4v) is 5.50. The normalized spacial score (nSPS) is 11.1. The first-order valence-corrected chi connectivity index (χ1v) is 13.4. The van der Waals surface area contributed by atoms with Gasteiger partial charge in [0.15, 0.2) is 5.13 Å². The van der Waals surface area contributed by atoms with E-state index in [1.165, 1.54) is 11.3 Å². The number of nitrogens with zero attached hydrogens (tertiary/aromatic N) is 3. The van der Waals surface area contributed by atoms with Crippen LogP contribution in [-0.4, -0.2) is 22.5 Å². The van der Waals surface area contributed by atoms with Gasteiger partial charge in [-0.2, -0.15) is 0 Å². The molecule has 0 saturated heterocycles. The predicted molar refractivity (Wildman–Crippen MR) is 155 cm³/mol. The van der Waals surface area contributed by atoms with Crippen LogP contribution in [0.5, 0.6) is 5.75 Å². The number of benzene rings is 4. The molecule has 0 aliphatic carbocycles. The number of pyridine rings is 1. The lowest BCUT2D eigenvalue weighted by molar-refractivity contribution is 0.0986. The number of hydrogen-bond acceptors (Lipinski definition) is 5. The van der Waals surface area contributed by atoms with Crippen LogP contribution in [0.3, 0.4) is 0 Å². The Bertz CT molecular complexity index is 1730. The van der Waals surface area contributed by atoms with Gasteiger partial charge in [0.25, 0.3) is 5.91 Å². The highest BCUT2D eigenvalue weighted by Gasteiger charge is 2.24. The topological polar surface area (TPSA) is 55.3 Å². The molecule has 6 heteroatoms. The molecule has 1 amide bonds. The van der Waals surface area contributed by atoms with Crippen molar-refractivity contribution in [1.82, 2.24) is 9.97 Å². The van der Waals surface area contributed by atoms with Crippen LogP contribution in [0.1, 0.15) is 22.8 Å². The second kappa shape index (κ2) is 10.4. The number of para-hydroxylation sites is 1. The van der Waals surface area contributed by atoms with E-state index in [2.05, 4.69) is 0 Å². The maximum absolute atomic E-state index is 14.4. The predicted octanol–water partition coefficient (Wildman–Crippen LogP) is 7.76. The molecule has 6 rings (SSSR count). The van der Waals surface area contributed by atoms with Gasteiger partial charge in [-0.3, -0.25) is 9.69 Å². The van der Waals surface area contributed by atoms with Gasteiger partial charge >= 0.3 is 0 Å². The minimum Gasteiger partial charge on any atom is -0.494 e. The van der Waals surface area contributed by atoms with Gasteiger partial charge in [-0.15, -0.1) is 0 Å². The first-order chi connectivity index (χ1) is 18.7. The zero-order valence-corrected chi connectivity index (χ0v) is 21.7. The molecule has 0 unspecified atom stereocenters. The summed E-state index contributed by atoms with van der Waals surface area (Å²) in [6.07, 6.45) is 0. The summed E-state index contributed by atoms with van der Waals surface area (Å²) in [7, 11) is 0. The van der Waals surface area contributed by atoms with Crippen molar-refractivity contribution in [3.63, 3.8) is 0 Å². The van der Waals surface area contributed by atoms with Gasteiger partial charge < -0.3 is 4.74 Å². The summed E-state index contributed by atoms with van der Waals surface area (Å²) < 4.78 is 6.66. The molecule has 0 aliphatic rings. The number of rotatable bonds is 7. The Morgan fingerprint density at radius 1 is 0.816 bits per heavy atom. The third-order valence-corrected chi connectivity index (χ3v) is 7.38. The van der Waals surface area contributed by atoms with Crippen molar-refractivity contribution in [2.45, 2.75) is 13.5 Å². The average Bonchev–Trinajstić information content (AvgIpc) is 3.39. The van der Waals surface area contributed by atoms with Crippen LogP contribution in [0.2, 0.25) is 0 Å². The van der Waals surface area contributed by atoms with Crippen molar-refractivity contribution >= 4 is 43.5 Å². The van der Waals surface area contributed by atoms with Crippen molar-refractivity contribution in [3.05, 3.63) is 120 Å². The Kier molecular flexibility index (Phi) is 6.54. The number of thiazole rings is 1. The number of amides is 1. The highest BCUT2D eigenvalue weighted by Crippen LogP contribution is 2.34. The minimum absolute atomic E-state index is 0.117. The number of fused-ring (bicyclic) bond motifs is 2. The van der Waals surface area contributed by atoms with E-state index >= 15 is 0 Å². The van der Waals surface area contributed by atoms with E-state index in [0.29, 0.717) is 23.8 Å². The molecule has 0 aliphatic heterocycles. The fourth-order valence-electron chi connectivity index (χ4n) is 4.51. The second-order valence-electron chi connectivity index (χ2n) is 8.87. The Balaban J connectivity index is 1.49. The molecular formula is C32H25N3O2S. The average molecular weight is 516 g/mol. The molecule has 2 aromatic heterocycles. The molecule has 2 heterocycles. The maximum Gasteiger partial charge on any atom is 0.261 e. The third-order valence-electron chi connectivity index (χ3n) is 6.34. The number of carbonyl (C=O) groups is 1. The minimum atomic E-state index is -0.117. The Hall–Kier alpha value is -4.55. The summed E-state index contributed by atoms with van der Waals surface area (Å²) in [6.45, 7) is 2.95. The van der Waals surface area contributed by atoms with Gasteiger partial charge in [0.05, 0.1) is 40.1 Å². The summed E-state index contributed by atoms with van der Waals surface area (Å²) in [5.41, 5.74) is 4.96. The van der Waals surface area contributed by atoms with Gasteiger partial charge in [0, 0.05) is 10.9 Å². The van der Waals surface area contributed by atoms with Crippen molar-refractivity contribution in [1.29, 1.82) is 0 Å². The van der Waals surface area contributed by atoms with E-state index in [9.17, 15) is 4.79 Å². The van der Waals surface area contributed by atoms with E-state index in [1.807, 2.05) is 116 Å². The molecule has 0 spiro atoms. The van der Waals surface area contributed by atoms with Crippen molar-refractivity contribution in [2.75, 3.05) is 11.5 Å². The standard InChI is InChI=1S/C32H25N3O2S/c1-2-37-24-17-18-28-30(19-24)38-32(34-28)35(21-22-11-5-3-6-12-22)31(36)26-20-29(23-13-7-4-8-14-23)33-27-16-10-9-15-25(26)27/h3-20H,2,21H2,1H3. The number of aromatic nitrogens is 2. The zero-order valence-electron chi connectivity index (χ0n) is 20.9. The van der Waals surface area contributed by atoms with Crippen molar-refractivity contribution in [2.24, 2.45) is 0 Å². The molecule has 4 aromatic carbocycles. The van der Waals surface area contributed by atoms with Crippen LogP contribution in [0.15, 0.2) is 109 Å². The molecular weight excluding hydrogens is 490 g/mol. The maximum atomic E-state index is 14.4. The van der Waals surface area contributed by atoms with E-state index in [1.54, 1.807) is 4.90 Å². The van der Waals surface area contributed by atoms with Crippen molar-refractivity contribution in [3.8, 4) is 17.0 Å². The van der Waals surface area contributed by atoms with Crippen LogP contribution in [0.25, 0.3) is 32.4 Å². The Labute approximate surface area is 225 Å². The van der Waals surface area contributed by atoms with E-state index in [0.717, 1.165) is 43.7 Å². The van der Waals surface area contributed by atoms with E-state index in [4.69, 9.17) is 14.7 Å². The zero-order chi connectivity index (χ0) is 25.9. The SMILES string of the molecule is CCOc1ccc2nc(N(Cc3ccccc3)C(=O)c3cc(-c4ccccc4)nc4ccccc34)sc2c1. The van der Waals surface area contributed by atoms with Crippen LogP contribution in [0.4, 0.5) is 5.13 Å². The summed E-state index contributed by atoms with van der Waals surface area (Å²) in [6, 6.07) is 35.5. The van der Waals surface area contributed by atoms with Gasteiger partial charge in [-0.1, -0.05) is 90.2 Å². The number of anilines is 1. The van der Waals surface area contributed by atoms with Gasteiger partial charge in [-0.05, 0) is 42.8 Å². The van der Waals surface area contributed by atoms with Gasteiger partial charge in [-0.25, -0.2) is 9.97 Å². The lowest BCUT2D eigenvalue weighted by atomic mass is 10.0. The fraction of sp³-hybridized carbons (Fsp3) is 0.0938. The number of hydrogen-bond donors (Lipinski definition) is 0. The molecule has 0 saturated carbocycles. The first kappa shape index (κ1) is 23.8. The molecule has 186 valence electrons. The molecule has 6 aromatic rings. The lowest BCUT2D eigenvalue weighted by Gasteiger charge is -2.21. The summed E-state index contributed by atoms with van der Waals surface area (Å²) in [5, 5.41) is 1.46. The van der Waals surface area contributed by atoms with Crippen LogP contribution in [0, 0.1) is 0 Å². The van der Waals surface area contributed by atoms with Crippen LogP contribution < -0.4 is 9.64 Å². The van der Waals surface area contributed by atoms with Crippen LogP contribution in [-0.2, 0) is 6.54 Å². The second-order valence-corrected chi connectivity index (χ2v) is 9.88. The molecule has 5 nitrogen and oxygen atoms in total. The molecule has 0 fully saturated rings. The largest absolute Gasteiger partial charge is 0.494 e. The Morgan fingerprint density at radius 2 is 1.55 bits per heavy atom. The number of ether oxygens (including phenoxy) is 1. The molecule has 0 N–H and O–H groups in total. The van der Waals surface area contributed by atoms with Gasteiger partial charge in [0.2, 0.25) is 0 Å². The quantitative estimate of drug-likeness (QED) is 0.218. The number of carbonyl (C=O) groups excluding carboxylic acids is 1. The first-order valence-electron chi connectivity index (χ1n) is 12.5. The summed E-state index contributed by atoms with van der Waals surface area (Å²) in [5.74, 6) is 0.678. The smallest absolute Gasteiger partial charge is 0.261 e. The third kappa shape index (κ3) is 4.74. The monoisotopic (exact) mass is 515 g/mol. The summed E-state index contributed by atoms with van der Waals surface area (Å²) in [4.78, 5) is 25.9. The van der Waals surface area contributed by atoms with E-state index < -0.39 is 0 Å². The van der Waals surface area contributed by atoms with Crippen LogP contribution >= 0.6 is 11.3 Å². The molecule has 0 atom stereocenters. The Morgan fingerprint density at radius 3 is 2.34 bits per heavy atom. The molecule has 0 radical (unpaired) electrons. The highest BCUT2D eigenvalue weighted by atomic mass is 32.1. The lowest BCUT2D eigenvalue weighted by Crippen LogP contribution is -2.30.